The highest BCUT2D eigenvalue weighted by atomic mass is 32.2. The van der Waals surface area contributed by atoms with Crippen molar-refractivity contribution < 1.29 is 27.8 Å². The van der Waals surface area contributed by atoms with Crippen molar-refractivity contribution in [3.8, 4) is 5.69 Å². The number of amides is 1. The van der Waals surface area contributed by atoms with Gasteiger partial charge in [0.2, 0.25) is 0 Å². The number of halogens is 2. The van der Waals surface area contributed by atoms with Crippen LogP contribution in [0.4, 0.5) is 8.78 Å². The minimum atomic E-state index is -2.76. The van der Waals surface area contributed by atoms with E-state index in [1.165, 1.54) is 26.4 Å². The number of alkyl halides is 2. The number of ether oxygens (including phenoxy) is 2. The maximum Gasteiger partial charge on any atom is 0.345 e. The second-order valence-electron chi connectivity index (χ2n) is 11.7. The van der Waals surface area contributed by atoms with Gasteiger partial charge < -0.3 is 14.8 Å². The minimum Gasteiger partial charge on any atom is -0.465 e. The molecule has 1 N–H and O–H groups in total. The van der Waals surface area contributed by atoms with E-state index in [2.05, 4.69) is 10.4 Å². The van der Waals surface area contributed by atoms with Crippen molar-refractivity contribution in [3.05, 3.63) is 41.6 Å². The summed E-state index contributed by atoms with van der Waals surface area (Å²) in [6.07, 6.45) is 11.2. The Bertz CT molecular complexity index is 1190. The summed E-state index contributed by atoms with van der Waals surface area (Å²) in [6.45, 7) is -2.76. The molecule has 0 radical (unpaired) electrons. The van der Waals surface area contributed by atoms with Crippen molar-refractivity contribution in [3.63, 3.8) is 0 Å². The van der Waals surface area contributed by atoms with Crippen molar-refractivity contribution in [1.82, 2.24) is 15.1 Å². The predicted octanol–water partition coefficient (Wildman–Crippen LogP) is 6.00. The summed E-state index contributed by atoms with van der Waals surface area (Å²) in [7, 11) is 1.35. The van der Waals surface area contributed by atoms with Crippen LogP contribution in [-0.4, -0.2) is 52.3 Å². The zero-order valence-electron chi connectivity index (χ0n) is 22.1. The van der Waals surface area contributed by atoms with Crippen LogP contribution in [0, 0.1) is 17.8 Å². The van der Waals surface area contributed by atoms with E-state index in [0.717, 1.165) is 36.4 Å². The molecule has 5 aliphatic rings. The smallest absolute Gasteiger partial charge is 0.345 e. The topological polar surface area (TPSA) is 82.5 Å². The van der Waals surface area contributed by atoms with Crippen LogP contribution in [0.25, 0.3) is 5.69 Å². The van der Waals surface area contributed by atoms with Crippen LogP contribution in [0.5, 0.6) is 0 Å². The van der Waals surface area contributed by atoms with Crippen LogP contribution in [-0.2, 0) is 9.47 Å². The fourth-order valence-electron chi connectivity index (χ4n) is 7.74. The molecule has 10 heteroatoms. The van der Waals surface area contributed by atoms with Gasteiger partial charge in [-0.15, -0.1) is 11.8 Å². The number of carbonyl (C=O) groups is 2. The van der Waals surface area contributed by atoms with Gasteiger partial charge in [0.25, 0.3) is 5.91 Å². The lowest BCUT2D eigenvalue weighted by Crippen LogP contribution is -2.62. The molecular weight excluding hydrogens is 524 g/mol. The molecule has 0 saturated heterocycles. The summed E-state index contributed by atoms with van der Waals surface area (Å²) in [4.78, 5) is 25.7. The standard InChI is InChI=1S/C29H35F2N3O4S/c1-37-27(36)18-7-9-21(10-8-18)34-26(39-22-5-3-2-4-6-22)23(16-32-34)25(35)33-24-19-11-17-12-20(24)15-29(13-17,14-19)38-28(30)31/h7-10,16-17,19-20,22,24,28H,2-6,11-15H2,1H3,(H,33,35)/t17?,19?,20?,24-,29+. The number of nitrogens with zero attached hydrogens (tertiary/aromatic N) is 2. The lowest BCUT2D eigenvalue weighted by atomic mass is 9.52. The van der Waals surface area contributed by atoms with E-state index >= 15 is 0 Å². The second kappa shape index (κ2) is 10.8. The highest BCUT2D eigenvalue weighted by molar-refractivity contribution is 8.00. The van der Waals surface area contributed by atoms with E-state index in [1.807, 2.05) is 12.1 Å². The summed E-state index contributed by atoms with van der Waals surface area (Å²) >= 11 is 1.70. The highest BCUT2D eigenvalue weighted by Gasteiger charge is 2.57. The zero-order chi connectivity index (χ0) is 27.1. The maximum absolute atomic E-state index is 13.8. The SMILES string of the molecule is COC(=O)c1ccc(-n2ncc(C(=O)N[C@H]3C4CC5CC3C[C@@](OC(F)F)(C5)C4)c2SC2CCCCC2)cc1. The molecule has 39 heavy (non-hydrogen) atoms. The lowest BCUT2D eigenvalue weighted by Gasteiger charge is -2.59. The van der Waals surface area contributed by atoms with Gasteiger partial charge in [0.1, 0.15) is 5.03 Å². The van der Waals surface area contributed by atoms with Crippen LogP contribution in [0.15, 0.2) is 35.5 Å². The molecule has 5 saturated carbocycles. The first kappa shape index (κ1) is 26.7. The molecule has 7 rings (SSSR count). The van der Waals surface area contributed by atoms with Gasteiger partial charge in [-0.1, -0.05) is 19.3 Å². The Kier molecular flexibility index (Phi) is 7.43. The Morgan fingerprint density at radius 3 is 2.41 bits per heavy atom. The molecule has 1 aromatic carbocycles. The Balaban J connectivity index is 1.25. The van der Waals surface area contributed by atoms with Gasteiger partial charge in [-0.2, -0.15) is 13.9 Å². The van der Waals surface area contributed by atoms with Gasteiger partial charge in [-0.05, 0) is 87.0 Å². The number of thioether (sulfide) groups is 1. The summed E-state index contributed by atoms with van der Waals surface area (Å²) in [5.41, 5.74) is 1.01. The van der Waals surface area contributed by atoms with Crippen molar-refractivity contribution in [1.29, 1.82) is 0 Å². The minimum absolute atomic E-state index is 0.0429. The summed E-state index contributed by atoms with van der Waals surface area (Å²) in [6, 6.07) is 6.98. The Morgan fingerprint density at radius 1 is 1.08 bits per heavy atom. The molecule has 2 aromatic rings. The van der Waals surface area contributed by atoms with Gasteiger partial charge in [-0.3, -0.25) is 4.79 Å². The molecule has 210 valence electrons. The fourth-order valence-corrected chi connectivity index (χ4v) is 9.15. The number of methoxy groups -OCH3 is 1. The monoisotopic (exact) mass is 559 g/mol. The number of esters is 1. The molecule has 0 spiro atoms. The maximum atomic E-state index is 13.8. The quantitative estimate of drug-likeness (QED) is 0.400. The first-order chi connectivity index (χ1) is 18.8. The van der Waals surface area contributed by atoms with E-state index < -0.39 is 18.2 Å². The molecule has 2 unspecified atom stereocenters. The number of aromatic nitrogens is 2. The van der Waals surface area contributed by atoms with E-state index in [9.17, 15) is 18.4 Å². The van der Waals surface area contributed by atoms with Crippen molar-refractivity contribution >= 4 is 23.6 Å². The second-order valence-corrected chi connectivity index (χ2v) is 13.0. The number of benzene rings is 1. The summed E-state index contributed by atoms with van der Waals surface area (Å²) in [5, 5.41) is 9.13. The largest absolute Gasteiger partial charge is 0.465 e. The van der Waals surface area contributed by atoms with Gasteiger partial charge in [-0.25, -0.2) is 9.48 Å². The molecular formula is C29H35F2N3O4S. The average Bonchev–Trinajstić information content (AvgIpc) is 3.33. The van der Waals surface area contributed by atoms with E-state index in [-0.39, 0.29) is 23.8 Å². The average molecular weight is 560 g/mol. The highest BCUT2D eigenvalue weighted by Crippen LogP contribution is 2.57. The zero-order valence-corrected chi connectivity index (χ0v) is 22.9. The number of hydrogen-bond acceptors (Lipinski definition) is 6. The Morgan fingerprint density at radius 2 is 1.77 bits per heavy atom. The Hall–Kier alpha value is -2.46. The van der Waals surface area contributed by atoms with E-state index in [1.54, 1.807) is 34.8 Å². The van der Waals surface area contributed by atoms with Crippen molar-refractivity contribution in [2.75, 3.05) is 7.11 Å². The molecule has 2 atom stereocenters. The molecule has 4 bridgehead atoms. The van der Waals surface area contributed by atoms with Crippen molar-refractivity contribution in [2.24, 2.45) is 17.8 Å². The fraction of sp³-hybridized carbons (Fsp3) is 0.621. The third-order valence-corrected chi connectivity index (χ3v) is 10.6. The molecule has 5 aliphatic carbocycles. The summed E-state index contributed by atoms with van der Waals surface area (Å²) < 4.78 is 38.2. The lowest BCUT2D eigenvalue weighted by molar-refractivity contribution is -0.260. The predicted molar refractivity (Wildman–Crippen MR) is 142 cm³/mol. The third-order valence-electron chi connectivity index (χ3n) is 9.19. The van der Waals surface area contributed by atoms with Gasteiger partial charge in [0.15, 0.2) is 0 Å². The van der Waals surface area contributed by atoms with Gasteiger partial charge >= 0.3 is 12.6 Å². The van der Waals surface area contributed by atoms with E-state index in [4.69, 9.17) is 9.47 Å². The first-order valence-corrected chi connectivity index (χ1v) is 14.9. The molecule has 5 fully saturated rings. The van der Waals surface area contributed by atoms with Gasteiger partial charge in [0, 0.05) is 11.3 Å². The molecule has 1 aromatic heterocycles. The van der Waals surface area contributed by atoms with Crippen LogP contribution >= 0.6 is 11.8 Å². The molecule has 0 aliphatic heterocycles. The number of carbonyl (C=O) groups excluding carboxylic acids is 2. The first-order valence-electron chi connectivity index (χ1n) is 14.0. The molecule has 1 amide bonds. The van der Waals surface area contributed by atoms with E-state index in [0.29, 0.717) is 41.6 Å². The van der Waals surface area contributed by atoms with Gasteiger partial charge in [0.05, 0.1) is 35.7 Å². The number of rotatable bonds is 8. The van der Waals surface area contributed by atoms with Crippen LogP contribution in [0.2, 0.25) is 0 Å². The number of nitrogens with one attached hydrogen (secondary N) is 1. The van der Waals surface area contributed by atoms with Crippen LogP contribution < -0.4 is 5.32 Å². The molecule has 7 nitrogen and oxygen atoms in total. The van der Waals surface area contributed by atoms with Crippen molar-refractivity contribution in [2.45, 2.75) is 92.7 Å². The van der Waals surface area contributed by atoms with Crippen LogP contribution in [0.3, 0.4) is 0 Å². The normalized spacial score (nSPS) is 30.1. The molecule has 1 heterocycles. The third kappa shape index (κ3) is 5.34. The summed E-state index contributed by atoms with van der Waals surface area (Å²) in [5.74, 6) is 0.119. The Labute approximate surface area is 231 Å². The van der Waals surface area contributed by atoms with Crippen LogP contribution in [0.1, 0.15) is 84.9 Å². The number of hydrogen-bond donors (Lipinski definition) is 1.